The van der Waals surface area contributed by atoms with Gasteiger partial charge in [-0.15, -0.1) is 0 Å². The van der Waals surface area contributed by atoms with E-state index in [0.29, 0.717) is 33.1 Å². The van der Waals surface area contributed by atoms with Crippen molar-refractivity contribution < 1.29 is 9.90 Å². The van der Waals surface area contributed by atoms with Gasteiger partial charge < -0.3 is 9.67 Å². The predicted molar refractivity (Wildman–Crippen MR) is 111 cm³/mol. The van der Waals surface area contributed by atoms with E-state index in [9.17, 15) is 14.7 Å². The molecule has 1 amide bonds. The van der Waals surface area contributed by atoms with Crippen LogP contribution in [0.2, 0.25) is 5.02 Å². The lowest BCUT2D eigenvalue weighted by molar-refractivity contribution is 0.102. The Balaban J connectivity index is 1.63. The molecule has 4 aromatic rings. The number of benzene rings is 2. The Bertz CT molecular complexity index is 1340. The number of pyridine rings is 1. The summed E-state index contributed by atoms with van der Waals surface area (Å²) in [5.41, 5.74) is 1.54. The summed E-state index contributed by atoms with van der Waals surface area (Å²) >= 11 is 7.39. The van der Waals surface area contributed by atoms with Gasteiger partial charge in [0.2, 0.25) is 0 Å². The van der Waals surface area contributed by atoms with Crippen LogP contribution in [-0.4, -0.2) is 20.6 Å². The number of carbonyl (C=O) groups is 1. The van der Waals surface area contributed by atoms with Gasteiger partial charge in [0.1, 0.15) is 16.8 Å². The van der Waals surface area contributed by atoms with Crippen molar-refractivity contribution in [1.29, 1.82) is 0 Å². The van der Waals surface area contributed by atoms with Gasteiger partial charge in [-0.25, -0.2) is 4.98 Å². The first-order valence-corrected chi connectivity index (χ1v) is 9.98. The van der Waals surface area contributed by atoms with Gasteiger partial charge in [0.15, 0.2) is 5.13 Å². The maximum atomic E-state index is 13.0. The van der Waals surface area contributed by atoms with Gasteiger partial charge in [-0.05, 0) is 36.6 Å². The number of aromatic nitrogens is 2. The maximum Gasteiger partial charge on any atom is 0.267 e. The largest absolute Gasteiger partial charge is 0.506 e. The first-order chi connectivity index (χ1) is 13.5. The molecule has 1 aliphatic rings. The van der Waals surface area contributed by atoms with Gasteiger partial charge in [-0.1, -0.05) is 41.1 Å². The molecule has 6 nitrogen and oxygen atoms in total. The number of aromatic hydroxyl groups is 1. The number of carbonyl (C=O) groups excluding carboxylic acids is 1. The Kier molecular flexibility index (Phi) is 3.89. The molecule has 2 N–H and O–H groups in total. The van der Waals surface area contributed by atoms with Gasteiger partial charge in [0, 0.05) is 11.9 Å². The Morgan fingerprint density at radius 1 is 1.25 bits per heavy atom. The fourth-order valence-electron chi connectivity index (χ4n) is 3.75. The number of amides is 1. The topological polar surface area (TPSA) is 84.2 Å². The van der Waals surface area contributed by atoms with Crippen LogP contribution in [0.25, 0.3) is 21.1 Å². The van der Waals surface area contributed by atoms with E-state index in [-0.39, 0.29) is 11.3 Å². The summed E-state index contributed by atoms with van der Waals surface area (Å²) in [5, 5.41) is 14.7. The fourth-order valence-corrected chi connectivity index (χ4v) is 4.91. The summed E-state index contributed by atoms with van der Waals surface area (Å²) in [6.45, 7) is 0.518. The molecule has 140 valence electrons. The zero-order valence-electron chi connectivity index (χ0n) is 14.5. The van der Waals surface area contributed by atoms with Gasteiger partial charge >= 0.3 is 0 Å². The summed E-state index contributed by atoms with van der Waals surface area (Å²) < 4.78 is 2.40. The van der Waals surface area contributed by atoms with Crippen molar-refractivity contribution >= 4 is 55.1 Å². The van der Waals surface area contributed by atoms with Gasteiger partial charge in [-0.3, -0.25) is 14.9 Å². The van der Waals surface area contributed by atoms with Crippen molar-refractivity contribution in [2.45, 2.75) is 19.4 Å². The van der Waals surface area contributed by atoms with E-state index >= 15 is 0 Å². The molecule has 0 radical (unpaired) electrons. The van der Waals surface area contributed by atoms with Crippen molar-refractivity contribution in [3.63, 3.8) is 0 Å². The van der Waals surface area contributed by atoms with Crippen molar-refractivity contribution in [2.75, 3.05) is 5.32 Å². The number of hydrogen-bond acceptors (Lipinski definition) is 5. The Hall–Kier alpha value is -2.90. The third-order valence-electron chi connectivity index (χ3n) is 4.99. The van der Waals surface area contributed by atoms with Crippen molar-refractivity contribution in [3.8, 4) is 5.75 Å². The van der Waals surface area contributed by atoms with Crippen LogP contribution in [0.5, 0.6) is 5.75 Å². The van der Waals surface area contributed by atoms with Crippen LogP contribution < -0.4 is 10.9 Å². The first kappa shape index (κ1) is 17.2. The minimum atomic E-state index is -0.681. The predicted octanol–water partition coefficient (Wildman–Crippen LogP) is 4.17. The van der Waals surface area contributed by atoms with E-state index in [1.807, 2.05) is 18.2 Å². The van der Waals surface area contributed by atoms with Crippen molar-refractivity contribution in [1.82, 2.24) is 9.55 Å². The molecule has 1 aliphatic heterocycles. The van der Waals surface area contributed by atoms with Crippen LogP contribution in [0.4, 0.5) is 5.13 Å². The number of para-hydroxylation sites is 2. The quantitative estimate of drug-likeness (QED) is 0.518. The van der Waals surface area contributed by atoms with E-state index in [1.54, 1.807) is 22.8 Å². The second-order valence-corrected chi connectivity index (χ2v) is 8.09. The molecule has 0 bridgehead atoms. The summed E-state index contributed by atoms with van der Waals surface area (Å²) in [7, 11) is 0. The van der Waals surface area contributed by atoms with E-state index in [4.69, 9.17) is 11.6 Å². The molecule has 2 aromatic carbocycles. The highest BCUT2D eigenvalue weighted by atomic mass is 35.5. The normalized spacial score (nSPS) is 13.2. The molecule has 5 rings (SSSR count). The molecule has 0 saturated heterocycles. The molecule has 0 unspecified atom stereocenters. The van der Waals surface area contributed by atoms with Crippen LogP contribution in [-0.2, 0) is 13.0 Å². The Labute approximate surface area is 168 Å². The standard InChI is InChI=1S/C20H14ClN3O3S/c21-12-7-2-8-13-15(12)22-20(28-13)23-18(26)14-17(25)11-6-1-4-10-5-3-9-24(16(10)11)19(14)27/h1-2,4,6-8,25H,3,5,9H2,(H,22,23,26). The summed E-state index contributed by atoms with van der Waals surface area (Å²) in [6, 6.07) is 10.9. The lowest BCUT2D eigenvalue weighted by atomic mass is 9.99. The number of thiazole rings is 1. The monoisotopic (exact) mass is 411 g/mol. The molecular weight excluding hydrogens is 398 g/mol. The average molecular weight is 412 g/mol. The van der Waals surface area contributed by atoms with Gasteiger partial charge in [-0.2, -0.15) is 0 Å². The number of rotatable bonds is 2. The fraction of sp³-hybridized carbons (Fsp3) is 0.150. The third kappa shape index (κ3) is 2.51. The lowest BCUT2D eigenvalue weighted by Gasteiger charge is -2.21. The Morgan fingerprint density at radius 3 is 2.89 bits per heavy atom. The first-order valence-electron chi connectivity index (χ1n) is 8.78. The van der Waals surface area contributed by atoms with E-state index in [1.165, 1.54) is 11.3 Å². The summed E-state index contributed by atoms with van der Waals surface area (Å²) in [4.78, 5) is 30.2. The smallest absolute Gasteiger partial charge is 0.267 e. The highest BCUT2D eigenvalue weighted by molar-refractivity contribution is 7.22. The van der Waals surface area contributed by atoms with Crippen LogP contribution in [0.15, 0.2) is 41.2 Å². The Morgan fingerprint density at radius 2 is 2.07 bits per heavy atom. The highest BCUT2D eigenvalue weighted by Crippen LogP contribution is 2.33. The number of nitrogens with zero attached hydrogens (tertiary/aromatic N) is 2. The second kappa shape index (κ2) is 6.32. The summed E-state index contributed by atoms with van der Waals surface area (Å²) in [6.07, 6.45) is 1.66. The minimum Gasteiger partial charge on any atom is -0.506 e. The molecule has 0 saturated carbocycles. The number of fused-ring (bicyclic) bond motifs is 1. The maximum absolute atomic E-state index is 13.0. The van der Waals surface area contributed by atoms with Crippen molar-refractivity contribution in [3.05, 3.63) is 62.9 Å². The zero-order chi connectivity index (χ0) is 19.4. The zero-order valence-corrected chi connectivity index (χ0v) is 16.1. The van der Waals surface area contributed by atoms with Gasteiger partial charge in [0.05, 0.1) is 15.2 Å². The molecule has 0 spiro atoms. The number of hydrogen-bond donors (Lipinski definition) is 2. The van der Waals surface area contributed by atoms with Crippen LogP contribution in [0.3, 0.4) is 0 Å². The third-order valence-corrected chi connectivity index (χ3v) is 6.23. The van der Waals surface area contributed by atoms with E-state index in [2.05, 4.69) is 10.3 Å². The molecule has 8 heteroatoms. The molecule has 0 atom stereocenters. The number of anilines is 1. The molecule has 3 heterocycles. The van der Waals surface area contributed by atoms with Crippen molar-refractivity contribution in [2.24, 2.45) is 0 Å². The molecule has 28 heavy (non-hydrogen) atoms. The van der Waals surface area contributed by atoms with E-state index < -0.39 is 11.5 Å². The van der Waals surface area contributed by atoms with Gasteiger partial charge in [0.25, 0.3) is 11.5 Å². The summed E-state index contributed by atoms with van der Waals surface area (Å²) in [5.74, 6) is -0.976. The second-order valence-electron chi connectivity index (χ2n) is 6.66. The highest BCUT2D eigenvalue weighted by Gasteiger charge is 2.25. The van der Waals surface area contributed by atoms with Crippen LogP contribution in [0.1, 0.15) is 22.3 Å². The molecule has 2 aromatic heterocycles. The van der Waals surface area contributed by atoms with Crippen LogP contribution >= 0.6 is 22.9 Å². The SMILES string of the molecule is O=C(Nc1nc2c(Cl)cccc2s1)c1c(O)c2cccc3c2n(c1=O)CCC3. The van der Waals surface area contributed by atoms with Crippen LogP contribution in [0, 0.1) is 0 Å². The number of aryl methyl sites for hydroxylation is 2. The molecule has 0 fully saturated rings. The minimum absolute atomic E-state index is 0.267. The average Bonchev–Trinajstić information content (AvgIpc) is 3.10. The molecular formula is C20H14ClN3O3S. The number of halogens is 1. The number of nitrogens with one attached hydrogen (secondary N) is 1. The lowest BCUT2D eigenvalue weighted by Crippen LogP contribution is -2.31. The van der Waals surface area contributed by atoms with E-state index in [0.717, 1.165) is 23.1 Å². The molecule has 0 aliphatic carbocycles.